The maximum atomic E-state index is 5.91. The van der Waals surface area contributed by atoms with Gasteiger partial charge in [0.25, 0.3) is 0 Å². The van der Waals surface area contributed by atoms with E-state index in [1.54, 1.807) is 14.2 Å². The van der Waals surface area contributed by atoms with Crippen LogP contribution in [0.2, 0.25) is 0 Å². The van der Waals surface area contributed by atoms with Crippen LogP contribution in [0.4, 0.5) is 5.69 Å². The van der Waals surface area contributed by atoms with Crippen LogP contribution in [-0.4, -0.2) is 20.8 Å². The molecule has 0 saturated carbocycles. The van der Waals surface area contributed by atoms with Gasteiger partial charge in [-0.1, -0.05) is 15.9 Å². The molecule has 0 aromatic heterocycles. The third kappa shape index (κ3) is 4.12. The summed E-state index contributed by atoms with van der Waals surface area (Å²) in [6, 6.07) is 13.7. The van der Waals surface area contributed by atoms with Gasteiger partial charge < -0.3 is 20.5 Å². The number of anilines is 1. The van der Waals surface area contributed by atoms with Gasteiger partial charge in [-0.25, -0.2) is 0 Å². The van der Waals surface area contributed by atoms with Crippen molar-refractivity contribution in [1.82, 2.24) is 0 Å². The molecule has 0 fully saturated rings. The summed E-state index contributed by atoms with van der Waals surface area (Å²) in [4.78, 5) is 0. The van der Waals surface area contributed by atoms with Crippen LogP contribution in [0.3, 0.4) is 0 Å². The van der Waals surface area contributed by atoms with Crippen LogP contribution in [-0.2, 0) is 0 Å². The SMILES string of the molecule is COc1cc(OC)cc(C(CN)Nc2ccc(Br)cc2)c1. The Morgan fingerprint density at radius 1 is 1.05 bits per heavy atom. The maximum absolute atomic E-state index is 5.91. The molecule has 0 saturated heterocycles. The van der Waals surface area contributed by atoms with Crippen molar-refractivity contribution in [2.45, 2.75) is 6.04 Å². The molecule has 2 aromatic carbocycles. The normalized spacial score (nSPS) is 11.8. The maximum Gasteiger partial charge on any atom is 0.122 e. The van der Waals surface area contributed by atoms with E-state index in [0.717, 1.165) is 27.2 Å². The van der Waals surface area contributed by atoms with Gasteiger partial charge in [-0.3, -0.25) is 0 Å². The van der Waals surface area contributed by atoms with Crippen LogP contribution >= 0.6 is 15.9 Å². The number of hydrogen-bond donors (Lipinski definition) is 2. The Kier molecular flexibility index (Phi) is 5.47. The Hall–Kier alpha value is -1.72. The largest absolute Gasteiger partial charge is 0.497 e. The highest BCUT2D eigenvalue weighted by Crippen LogP contribution is 2.28. The minimum absolute atomic E-state index is 0.0184. The first-order valence-corrected chi connectivity index (χ1v) is 7.40. The van der Waals surface area contributed by atoms with Crippen molar-refractivity contribution in [2.24, 2.45) is 5.73 Å². The molecule has 112 valence electrons. The van der Waals surface area contributed by atoms with Crippen LogP contribution in [0.25, 0.3) is 0 Å². The third-order valence-electron chi connectivity index (χ3n) is 3.20. The molecule has 1 atom stereocenters. The Morgan fingerprint density at radius 2 is 1.62 bits per heavy atom. The lowest BCUT2D eigenvalue weighted by Gasteiger charge is -2.20. The molecule has 1 unspecified atom stereocenters. The van der Waals surface area contributed by atoms with E-state index < -0.39 is 0 Å². The Morgan fingerprint density at radius 3 is 2.10 bits per heavy atom. The van der Waals surface area contributed by atoms with Crippen molar-refractivity contribution in [3.8, 4) is 11.5 Å². The van der Waals surface area contributed by atoms with Crippen LogP contribution < -0.4 is 20.5 Å². The lowest BCUT2D eigenvalue weighted by atomic mass is 10.1. The average molecular weight is 351 g/mol. The van der Waals surface area contributed by atoms with Crippen LogP contribution in [0, 0.1) is 0 Å². The lowest BCUT2D eigenvalue weighted by Crippen LogP contribution is -2.20. The summed E-state index contributed by atoms with van der Waals surface area (Å²) in [5.74, 6) is 1.50. The van der Waals surface area contributed by atoms with E-state index in [-0.39, 0.29) is 6.04 Å². The summed E-state index contributed by atoms with van der Waals surface area (Å²) >= 11 is 3.43. The second-order valence-electron chi connectivity index (χ2n) is 4.59. The third-order valence-corrected chi connectivity index (χ3v) is 3.73. The molecule has 0 bridgehead atoms. The van der Waals surface area contributed by atoms with Gasteiger partial charge in [0.2, 0.25) is 0 Å². The van der Waals surface area contributed by atoms with E-state index in [2.05, 4.69) is 21.2 Å². The first-order chi connectivity index (χ1) is 10.2. The van der Waals surface area contributed by atoms with Crippen molar-refractivity contribution >= 4 is 21.6 Å². The molecular weight excluding hydrogens is 332 g/mol. The van der Waals surface area contributed by atoms with Crippen LogP contribution in [0.1, 0.15) is 11.6 Å². The van der Waals surface area contributed by atoms with E-state index in [1.165, 1.54) is 0 Å². The quantitative estimate of drug-likeness (QED) is 0.835. The monoisotopic (exact) mass is 350 g/mol. The van der Waals surface area contributed by atoms with E-state index >= 15 is 0 Å². The highest BCUT2D eigenvalue weighted by molar-refractivity contribution is 9.10. The number of methoxy groups -OCH3 is 2. The predicted octanol–water partition coefficient (Wildman–Crippen LogP) is 3.58. The molecule has 4 nitrogen and oxygen atoms in total. The fraction of sp³-hybridized carbons (Fsp3) is 0.250. The van der Waals surface area contributed by atoms with Gasteiger partial charge in [0, 0.05) is 22.8 Å². The summed E-state index contributed by atoms with van der Waals surface area (Å²) in [7, 11) is 3.27. The smallest absolute Gasteiger partial charge is 0.122 e. The van der Waals surface area contributed by atoms with Gasteiger partial charge in [0.05, 0.1) is 20.3 Å². The number of hydrogen-bond acceptors (Lipinski definition) is 4. The van der Waals surface area contributed by atoms with Gasteiger partial charge in [-0.05, 0) is 42.0 Å². The first-order valence-electron chi connectivity index (χ1n) is 6.61. The van der Waals surface area contributed by atoms with E-state index in [9.17, 15) is 0 Å². The predicted molar refractivity (Wildman–Crippen MR) is 89.1 cm³/mol. The van der Waals surface area contributed by atoms with Crippen LogP contribution in [0.5, 0.6) is 11.5 Å². The Bertz CT molecular complexity index is 565. The van der Waals surface area contributed by atoms with Crippen molar-refractivity contribution in [3.05, 3.63) is 52.5 Å². The molecule has 2 aromatic rings. The van der Waals surface area contributed by atoms with Gasteiger partial charge in [0.1, 0.15) is 11.5 Å². The fourth-order valence-electron chi connectivity index (χ4n) is 2.06. The van der Waals surface area contributed by atoms with E-state index in [1.807, 2.05) is 42.5 Å². The van der Waals surface area contributed by atoms with Crippen molar-refractivity contribution in [1.29, 1.82) is 0 Å². The molecule has 2 rings (SSSR count). The summed E-state index contributed by atoms with van der Waals surface area (Å²) in [5, 5.41) is 3.42. The van der Waals surface area contributed by atoms with Crippen molar-refractivity contribution < 1.29 is 9.47 Å². The number of halogens is 1. The Balaban J connectivity index is 2.25. The average Bonchev–Trinajstić information content (AvgIpc) is 2.53. The second-order valence-corrected chi connectivity index (χ2v) is 5.50. The van der Waals surface area contributed by atoms with Crippen molar-refractivity contribution in [2.75, 3.05) is 26.1 Å². The summed E-state index contributed by atoms with van der Waals surface area (Å²) in [5.41, 5.74) is 7.95. The van der Waals surface area contributed by atoms with Gasteiger partial charge >= 0.3 is 0 Å². The lowest BCUT2D eigenvalue weighted by molar-refractivity contribution is 0.393. The van der Waals surface area contributed by atoms with Gasteiger partial charge in [-0.15, -0.1) is 0 Å². The highest BCUT2D eigenvalue weighted by Gasteiger charge is 2.12. The minimum atomic E-state index is -0.0184. The molecule has 0 radical (unpaired) electrons. The minimum Gasteiger partial charge on any atom is -0.497 e. The molecule has 0 aliphatic carbocycles. The van der Waals surface area contributed by atoms with Gasteiger partial charge in [0.15, 0.2) is 0 Å². The fourth-order valence-corrected chi connectivity index (χ4v) is 2.32. The number of benzene rings is 2. The Labute approximate surface area is 133 Å². The number of nitrogens with two attached hydrogens (primary N) is 1. The van der Waals surface area contributed by atoms with Crippen LogP contribution in [0.15, 0.2) is 46.9 Å². The summed E-state index contributed by atoms with van der Waals surface area (Å²) in [6.45, 7) is 0.465. The molecule has 0 aliphatic heterocycles. The number of ether oxygens (including phenoxy) is 2. The zero-order valence-corrected chi connectivity index (χ0v) is 13.7. The standard InChI is InChI=1S/C16H19BrN2O2/c1-20-14-7-11(8-15(9-14)21-2)16(10-18)19-13-5-3-12(17)4-6-13/h3-9,16,19H,10,18H2,1-2H3. The molecule has 0 spiro atoms. The first kappa shape index (κ1) is 15.7. The molecule has 0 aliphatic rings. The molecular formula is C16H19BrN2O2. The molecule has 3 N–H and O–H groups in total. The van der Waals surface area contributed by atoms with E-state index in [0.29, 0.717) is 6.54 Å². The zero-order chi connectivity index (χ0) is 15.2. The topological polar surface area (TPSA) is 56.5 Å². The van der Waals surface area contributed by atoms with Gasteiger partial charge in [-0.2, -0.15) is 0 Å². The summed E-state index contributed by atoms with van der Waals surface area (Å²) in [6.07, 6.45) is 0. The number of rotatable bonds is 6. The molecule has 21 heavy (non-hydrogen) atoms. The number of nitrogens with one attached hydrogen (secondary N) is 1. The molecule has 0 heterocycles. The zero-order valence-electron chi connectivity index (χ0n) is 12.1. The van der Waals surface area contributed by atoms with E-state index in [4.69, 9.17) is 15.2 Å². The highest BCUT2D eigenvalue weighted by atomic mass is 79.9. The summed E-state index contributed by atoms with van der Waals surface area (Å²) < 4.78 is 11.6. The van der Waals surface area contributed by atoms with Crippen molar-refractivity contribution in [3.63, 3.8) is 0 Å². The molecule has 5 heteroatoms. The second kappa shape index (κ2) is 7.33. The molecule has 0 amide bonds.